The summed E-state index contributed by atoms with van der Waals surface area (Å²) in [5.41, 5.74) is -1.39. The highest BCUT2D eigenvalue weighted by Gasteiger charge is 2.34. The van der Waals surface area contributed by atoms with Crippen LogP contribution < -0.4 is 4.74 Å². The molecule has 0 spiro atoms. The lowest BCUT2D eigenvalue weighted by atomic mass is 10.2. The lowest BCUT2D eigenvalue weighted by Gasteiger charge is -2.09. The Morgan fingerprint density at radius 1 is 1.22 bits per heavy atom. The normalized spacial score (nSPS) is 11.6. The second-order valence-corrected chi connectivity index (χ2v) is 5.28. The van der Waals surface area contributed by atoms with Crippen molar-refractivity contribution in [1.29, 1.82) is 0 Å². The first-order valence-corrected chi connectivity index (χ1v) is 6.01. The first-order valence-electron chi connectivity index (χ1n) is 4.40. The molecule has 0 aliphatic heterocycles. The summed E-state index contributed by atoms with van der Waals surface area (Å²) in [7, 11) is 0. The summed E-state index contributed by atoms with van der Waals surface area (Å²) >= 11 is 4.03. The Kier molecular flexibility index (Phi) is 3.53. The van der Waals surface area contributed by atoms with Crippen LogP contribution in [0.1, 0.15) is 5.56 Å². The van der Waals surface area contributed by atoms with E-state index in [9.17, 15) is 17.6 Å². The van der Waals surface area contributed by atoms with Crippen LogP contribution in [0, 0.1) is 5.82 Å². The van der Waals surface area contributed by atoms with E-state index in [0.717, 1.165) is 17.4 Å². The van der Waals surface area contributed by atoms with Gasteiger partial charge in [0.1, 0.15) is 11.6 Å². The first kappa shape index (κ1) is 13.2. The van der Waals surface area contributed by atoms with Crippen molar-refractivity contribution in [1.82, 2.24) is 10.2 Å². The molecule has 0 saturated heterocycles. The molecule has 3 nitrogen and oxygen atoms in total. The Morgan fingerprint density at radius 2 is 1.94 bits per heavy atom. The number of hydrogen-bond donors (Lipinski definition) is 0. The molecule has 0 atom stereocenters. The predicted octanol–water partition coefficient (Wildman–Crippen LogP) is 4.25. The Labute approximate surface area is 111 Å². The highest BCUT2D eigenvalue weighted by Crippen LogP contribution is 2.35. The van der Waals surface area contributed by atoms with Gasteiger partial charge in [-0.1, -0.05) is 5.10 Å². The van der Waals surface area contributed by atoms with Crippen molar-refractivity contribution in [2.75, 3.05) is 0 Å². The van der Waals surface area contributed by atoms with Gasteiger partial charge < -0.3 is 4.74 Å². The largest absolute Gasteiger partial charge is 0.430 e. The Balaban J connectivity index is 2.30. The molecule has 18 heavy (non-hydrogen) atoms. The van der Waals surface area contributed by atoms with E-state index in [1.165, 1.54) is 0 Å². The van der Waals surface area contributed by atoms with Gasteiger partial charge in [-0.05, 0) is 45.5 Å². The molecule has 0 saturated carbocycles. The Morgan fingerprint density at radius 3 is 2.50 bits per heavy atom. The first-order chi connectivity index (χ1) is 8.36. The van der Waals surface area contributed by atoms with E-state index in [1.807, 2.05) is 0 Å². The Bertz CT molecular complexity index is 572. The molecule has 9 heteroatoms. The van der Waals surface area contributed by atoms with E-state index in [0.29, 0.717) is 16.0 Å². The molecule has 2 aromatic rings. The highest BCUT2D eigenvalue weighted by atomic mass is 79.9. The molecule has 0 fully saturated rings. The average Bonchev–Trinajstić information content (AvgIpc) is 2.65. The maximum Gasteiger partial charge on any atom is 0.419 e. The molecular formula is C9H3BrF4N2OS. The molecule has 1 aromatic heterocycles. The molecule has 1 heterocycles. The minimum atomic E-state index is -4.77. The van der Waals surface area contributed by atoms with Crippen molar-refractivity contribution in [3.8, 4) is 10.9 Å². The van der Waals surface area contributed by atoms with Crippen molar-refractivity contribution >= 4 is 27.3 Å². The van der Waals surface area contributed by atoms with E-state index in [1.54, 1.807) is 0 Å². The smallest absolute Gasteiger partial charge is 0.419 e. The quantitative estimate of drug-likeness (QED) is 0.765. The van der Waals surface area contributed by atoms with Gasteiger partial charge in [0, 0.05) is 0 Å². The monoisotopic (exact) mass is 342 g/mol. The summed E-state index contributed by atoms with van der Waals surface area (Å²) in [5.74, 6) is -1.51. The molecule has 0 amide bonds. The third kappa shape index (κ3) is 2.96. The molecular weight excluding hydrogens is 340 g/mol. The van der Waals surface area contributed by atoms with E-state index in [-0.39, 0.29) is 10.9 Å². The van der Waals surface area contributed by atoms with Crippen LogP contribution >= 0.6 is 27.3 Å². The molecule has 0 aliphatic rings. The number of benzene rings is 1. The standard InChI is InChI=1S/C9H3BrF4N2OS/c10-7-15-16-8(18-7)17-4-1-2-6(11)5(3-4)9(12,13)14/h1-3H. The zero-order chi connectivity index (χ0) is 13.3. The van der Waals surface area contributed by atoms with Crippen LogP contribution in [0.25, 0.3) is 0 Å². The zero-order valence-corrected chi connectivity index (χ0v) is 10.7. The lowest BCUT2D eigenvalue weighted by Crippen LogP contribution is -2.08. The highest BCUT2D eigenvalue weighted by molar-refractivity contribution is 9.11. The van der Waals surface area contributed by atoms with E-state index < -0.39 is 17.6 Å². The third-order valence-corrected chi connectivity index (χ3v) is 3.06. The summed E-state index contributed by atoms with van der Waals surface area (Å²) in [4.78, 5) is 0. The molecule has 96 valence electrons. The minimum absolute atomic E-state index is 0.0570. The summed E-state index contributed by atoms with van der Waals surface area (Å²) in [5, 5.41) is 7.17. The van der Waals surface area contributed by atoms with Gasteiger partial charge in [0.05, 0.1) is 5.56 Å². The van der Waals surface area contributed by atoms with Gasteiger partial charge in [0.15, 0.2) is 3.92 Å². The van der Waals surface area contributed by atoms with Crippen LogP contribution in [0.4, 0.5) is 17.6 Å². The van der Waals surface area contributed by atoms with Gasteiger partial charge in [-0.15, -0.1) is 5.10 Å². The summed E-state index contributed by atoms with van der Waals surface area (Å²) in [6.45, 7) is 0. The summed E-state index contributed by atoms with van der Waals surface area (Å²) in [6, 6.07) is 2.35. The van der Waals surface area contributed by atoms with Crippen LogP contribution in [0.2, 0.25) is 0 Å². The number of rotatable bonds is 2. The van der Waals surface area contributed by atoms with Crippen molar-refractivity contribution < 1.29 is 22.3 Å². The van der Waals surface area contributed by atoms with Crippen molar-refractivity contribution in [3.05, 3.63) is 33.5 Å². The number of nitrogens with zero attached hydrogens (tertiary/aromatic N) is 2. The molecule has 0 aliphatic carbocycles. The number of alkyl halides is 3. The fourth-order valence-electron chi connectivity index (χ4n) is 1.12. The fraction of sp³-hybridized carbons (Fsp3) is 0.111. The third-order valence-electron chi connectivity index (χ3n) is 1.83. The maximum atomic E-state index is 13.0. The van der Waals surface area contributed by atoms with Crippen LogP contribution in [0.3, 0.4) is 0 Å². The molecule has 0 bridgehead atoms. The van der Waals surface area contributed by atoms with Gasteiger partial charge in [0.2, 0.25) is 0 Å². The second kappa shape index (κ2) is 4.81. The molecule has 0 radical (unpaired) electrons. The number of aromatic nitrogens is 2. The lowest BCUT2D eigenvalue weighted by molar-refractivity contribution is -0.140. The van der Waals surface area contributed by atoms with Crippen molar-refractivity contribution in [2.24, 2.45) is 0 Å². The van der Waals surface area contributed by atoms with Gasteiger partial charge in [-0.25, -0.2) is 4.39 Å². The van der Waals surface area contributed by atoms with Gasteiger partial charge in [-0.3, -0.25) is 0 Å². The maximum absolute atomic E-state index is 13.0. The number of halogens is 5. The van der Waals surface area contributed by atoms with Crippen LogP contribution in [0.5, 0.6) is 10.9 Å². The molecule has 2 rings (SSSR count). The van der Waals surface area contributed by atoms with Crippen molar-refractivity contribution in [2.45, 2.75) is 6.18 Å². The fourth-order valence-corrected chi connectivity index (χ4v) is 2.06. The SMILES string of the molecule is Fc1ccc(Oc2nnc(Br)s2)cc1C(F)(F)F. The molecule has 0 unspecified atom stereocenters. The van der Waals surface area contributed by atoms with Gasteiger partial charge >= 0.3 is 6.18 Å². The zero-order valence-electron chi connectivity index (χ0n) is 8.33. The van der Waals surface area contributed by atoms with Gasteiger partial charge in [0.25, 0.3) is 5.19 Å². The Hall–Kier alpha value is -1.22. The van der Waals surface area contributed by atoms with Gasteiger partial charge in [-0.2, -0.15) is 13.2 Å². The second-order valence-electron chi connectivity index (χ2n) is 3.06. The topological polar surface area (TPSA) is 35.0 Å². The number of hydrogen-bond acceptors (Lipinski definition) is 4. The number of ether oxygens (including phenoxy) is 1. The molecule has 0 N–H and O–H groups in total. The van der Waals surface area contributed by atoms with E-state index >= 15 is 0 Å². The predicted molar refractivity (Wildman–Crippen MR) is 59.1 cm³/mol. The van der Waals surface area contributed by atoms with E-state index in [4.69, 9.17) is 4.74 Å². The van der Waals surface area contributed by atoms with E-state index in [2.05, 4.69) is 26.1 Å². The van der Waals surface area contributed by atoms with Crippen LogP contribution in [0.15, 0.2) is 22.1 Å². The molecule has 1 aromatic carbocycles. The summed E-state index contributed by atoms with van der Waals surface area (Å²) < 4.78 is 55.8. The van der Waals surface area contributed by atoms with Crippen LogP contribution in [-0.2, 0) is 6.18 Å². The van der Waals surface area contributed by atoms with Crippen LogP contribution in [-0.4, -0.2) is 10.2 Å². The average molecular weight is 343 g/mol. The summed E-state index contributed by atoms with van der Waals surface area (Å²) in [6.07, 6.45) is -4.77. The minimum Gasteiger partial charge on any atom is -0.430 e. The van der Waals surface area contributed by atoms with Crippen molar-refractivity contribution in [3.63, 3.8) is 0 Å².